The van der Waals surface area contributed by atoms with Crippen LogP contribution in [0.4, 0.5) is 0 Å². The maximum absolute atomic E-state index is 12.6. The maximum atomic E-state index is 12.6. The van der Waals surface area contributed by atoms with E-state index < -0.39 is 5.97 Å². The van der Waals surface area contributed by atoms with Gasteiger partial charge < -0.3 is 28.8 Å². The molecule has 2 aromatic carbocycles. The third-order valence-electron chi connectivity index (χ3n) is 7.13. The fourth-order valence-electron chi connectivity index (χ4n) is 4.70. The average Bonchev–Trinajstić information content (AvgIpc) is 3.65. The van der Waals surface area contributed by atoms with E-state index in [1.54, 1.807) is 37.7 Å². The molecule has 42 heavy (non-hydrogen) atoms. The predicted octanol–water partition coefficient (Wildman–Crippen LogP) is 5.82. The Morgan fingerprint density at radius 2 is 1.88 bits per heavy atom. The van der Waals surface area contributed by atoms with Crippen molar-refractivity contribution < 1.29 is 33.6 Å². The fourth-order valence-corrected chi connectivity index (χ4v) is 4.70. The van der Waals surface area contributed by atoms with E-state index in [4.69, 9.17) is 28.7 Å². The highest BCUT2D eigenvalue weighted by molar-refractivity contribution is 5.92. The van der Waals surface area contributed by atoms with E-state index in [9.17, 15) is 9.90 Å². The van der Waals surface area contributed by atoms with E-state index in [1.807, 2.05) is 41.0 Å². The van der Waals surface area contributed by atoms with Gasteiger partial charge in [-0.1, -0.05) is 19.9 Å². The molecule has 1 aliphatic rings. The Hall–Kier alpha value is -4.99. The van der Waals surface area contributed by atoms with Crippen molar-refractivity contribution in [1.82, 2.24) is 14.5 Å². The van der Waals surface area contributed by atoms with Gasteiger partial charge in [0.05, 0.1) is 37.5 Å². The van der Waals surface area contributed by atoms with Gasteiger partial charge in [0.15, 0.2) is 11.5 Å². The Morgan fingerprint density at radius 1 is 1.07 bits per heavy atom. The van der Waals surface area contributed by atoms with Crippen LogP contribution in [0, 0.1) is 0 Å². The van der Waals surface area contributed by atoms with Crippen LogP contribution in [0.5, 0.6) is 28.7 Å². The molecule has 0 aliphatic carbocycles. The minimum atomic E-state index is -1.06. The lowest BCUT2D eigenvalue weighted by atomic mass is 10.0. The number of pyridine rings is 1. The maximum Gasteiger partial charge on any atom is 0.331 e. The molecule has 1 unspecified atom stereocenters. The summed E-state index contributed by atoms with van der Waals surface area (Å²) >= 11 is 0. The van der Waals surface area contributed by atoms with Crippen molar-refractivity contribution in [3.63, 3.8) is 0 Å². The predicted molar refractivity (Wildman–Crippen MR) is 156 cm³/mol. The number of ether oxygens (including phenoxy) is 5. The first kappa shape index (κ1) is 28.5. The number of benzene rings is 2. The summed E-state index contributed by atoms with van der Waals surface area (Å²) in [6, 6.07) is 14.6. The molecule has 218 valence electrons. The standard InChI is InChI=1S/C32H33N3O7/c1-5-20(2)31-34-17-24(13-22(32(36)37)12-21-14-29-30(42-19-41-29)16-27(21)39-4)35(31)26-10-9-25(38-3)15-28(26)40-18-23-8-6-7-11-33-23/h6-11,13-17,20H,5,12,18-19H2,1-4H3,(H,36,37). The Labute approximate surface area is 244 Å². The minimum Gasteiger partial charge on any atom is -0.497 e. The molecule has 1 N–H and O–H groups in total. The summed E-state index contributed by atoms with van der Waals surface area (Å²) in [5.74, 6) is 2.60. The van der Waals surface area contributed by atoms with Crippen LogP contribution in [-0.4, -0.2) is 46.6 Å². The molecule has 5 rings (SSSR count). The first-order valence-corrected chi connectivity index (χ1v) is 13.6. The van der Waals surface area contributed by atoms with E-state index in [-0.39, 0.29) is 31.3 Å². The van der Waals surface area contributed by atoms with Crippen LogP contribution in [0.3, 0.4) is 0 Å². The number of nitrogens with zero attached hydrogens (tertiary/aromatic N) is 3. The molecule has 1 aliphatic heterocycles. The number of aliphatic carboxylic acids is 1. The zero-order chi connectivity index (χ0) is 29.6. The van der Waals surface area contributed by atoms with Crippen molar-refractivity contribution in [3.8, 4) is 34.4 Å². The number of hydrogen-bond donors (Lipinski definition) is 1. The topological polar surface area (TPSA) is 114 Å². The summed E-state index contributed by atoms with van der Waals surface area (Å²) in [5.41, 5.74) is 2.87. The molecular weight excluding hydrogens is 538 g/mol. The molecule has 0 bridgehead atoms. The van der Waals surface area contributed by atoms with E-state index in [0.29, 0.717) is 45.7 Å². The van der Waals surface area contributed by atoms with Crippen LogP contribution in [-0.2, 0) is 17.8 Å². The lowest BCUT2D eigenvalue weighted by molar-refractivity contribution is -0.132. The van der Waals surface area contributed by atoms with Crippen LogP contribution in [0.15, 0.2) is 66.5 Å². The number of rotatable bonds is 12. The van der Waals surface area contributed by atoms with E-state index >= 15 is 0 Å². The van der Waals surface area contributed by atoms with Gasteiger partial charge in [0.2, 0.25) is 6.79 Å². The van der Waals surface area contributed by atoms with Crippen molar-refractivity contribution in [2.24, 2.45) is 0 Å². The summed E-state index contributed by atoms with van der Waals surface area (Å²) in [4.78, 5) is 21.6. The van der Waals surface area contributed by atoms with Gasteiger partial charge in [-0.05, 0) is 42.8 Å². The van der Waals surface area contributed by atoms with Crippen LogP contribution in [0.1, 0.15) is 49.0 Å². The fraction of sp³-hybridized carbons (Fsp3) is 0.281. The molecule has 2 aromatic heterocycles. The quantitative estimate of drug-likeness (QED) is 0.210. The number of fused-ring (bicyclic) bond motifs is 1. The van der Waals surface area contributed by atoms with Crippen LogP contribution in [0.25, 0.3) is 11.8 Å². The van der Waals surface area contributed by atoms with Gasteiger partial charge in [0.25, 0.3) is 0 Å². The van der Waals surface area contributed by atoms with Gasteiger partial charge in [-0.15, -0.1) is 0 Å². The first-order valence-electron chi connectivity index (χ1n) is 13.6. The van der Waals surface area contributed by atoms with Crippen molar-refractivity contribution in [3.05, 3.63) is 89.3 Å². The second-order valence-electron chi connectivity index (χ2n) is 9.80. The van der Waals surface area contributed by atoms with Gasteiger partial charge in [-0.3, -0.25) is 9.55 Å². The molecule has 1 atom stereocenters. The highest BCUT2D eigenvalue weighted by atomic mass is 16.7. The zero-order valence-corrected chi connectivity index (χ0v) is 24.0. The van der Waals surface area contributed by atoms with Gasteiger partial charge in [-0.25, -0.2) is 9.78 Å². The summed E-state index contributed by atoms with van der Waals surface area (Å²) in [7, 11) is 3.13. The van der Waals surface area contributed by atoms with Gasteiger partial charge in [0, 0.05) is 41.8 Å². The van der Waals surface area contributed by atoms with Gasteiger partial charge in [-0.2, -0.15) is 0 Å². The molecule has 4 aromatic rings. The number of carboxylic acids is 1. The summed E-state index contributed by atoms with van der Waals surface area (Å²) < 4.78 is 30.2. The normalized spacial score (nSPS) is 13.1. The highest BCUT2D eigenvalue weighted by Gasteiger charge is 2.23. The van der Waals surface area contributed by atoms with Gasteiger partial charge >= 0.3 is 5.97 Å². The molecule has 3 heterocycles. The monoisotopic (exact) mass is 571 g/mol. The van der Waals surface area contributed by atoms with Crippen molar-refractivity contribution in [2.45, 2.75) is 39.2 Å². The largest absolute Gasteiger partial charge is 0.497 e. The smallest absolute Gasteiger partial charge is 0.331 e. The third kappa shape index (κ3) is 6.02. The molecule has 0 amide bonds. The lowest BCUT2D eigenvalue weighted by Crippen LogP contribution is -2.10. The molecule has 10 heteroatoms. The van der Waals surface area contributed by atoms with Crippen LogP contribution >= 0.6 is 0 Å². The molecule has 0 saturated heterocycles. The number of methoxy groups -OCH3 is 2. The molecular formula is C32H33N3O7. The second-order valence-corrected chi connectivity index (χ2v) is 9.80. The molecule has 0 radical (unpaired) electrons. The van der Waals surface area contributed by atoms with Crippen LogP contribution < -0.4 is 23.7 Å². The third-order valence-corrected chi connectivity index (χ3v) is 7.13. The number of carbonyl (C=O) groups is 1. The minimum absolute atomic E-state index is 0.0834. The number of carboxylic acid groups (broad SMARTS) is 1. The summed E-state index contributed by atoms with van der Waals surface area (Å²) in [6.07, 6.45) is 5.96. The van der Waals surface area contributed by atoms with Crippen molar-refractivity contribution in [1.29, 1.82) is 0 Å². The Balaban J connectivity index is 1.59. The number of imidazole rings is 1. The van der Waals surface area contributed by atoms with Crippen molar-refractivity contribution >= 4 is 12.0 Å². The average molecular weight is 572 g/mol. The number of aromatic nitrogens is 3. The molecule has 0 fully saturated rings. The molecule has 10 nitrogen and oxygen atoms in total. The van der Waals surface area contributed by atoms with Crippen molar-refractivity contribution in [2.75, 3.05) is 21.0 Å². The Bertz CT molecular complexity index is 1600. The Morgan fingerprint density at radius 3 is 2.57 bits per heavy atom. The summed E-state index contributed by atoms with van der Waals surface area (Å²) in [5, 5.41) is 10.3. The number of hydrogen-bond acceptors (Lipinski definition) is 8. The first-order chi connectivity index (χ1) is 20.4. The lowest BCUT2D eigenvalue weighted by Gasteiger charge is -2.19. The van der Waals surface area contributed by atoms with Gasteiger partial charge in [0.1, 0.15) is 29.7 Å². The van der Waals surface area contributed by atoms with Crippen LogP contribution in [0.2, 0.25) is 0 Å². The van der Waals surface area contributed by atoms with E-state index in [1.165, 1.54) is 7.11 Å². The SMILES string of the molecule is CCC(C)c1ncc(C=C(Cc2cc3c(cc2OC)OCO3)C(=O)O)n1-c1ccc(OC)cc1OCc1ccccn1. The zero-order valence-electron chi connectivity index (χ0n) is 24.0. The van der Waals surface area contributed by atoms with E-state index in [0.717, 1.165) is 17.9 Å². The Kier molecular flexibility index (Phi) is 8.61. The molecule has 0 saturated carbocycles. The second kappa shape index (κ2) is 12.7. The summed E-state index contributed by atoms with van der Waals surface area (Å²) in [6.45, 7) is 4.51. The molecule has 0 spiro atoms. The highest BCUT2D eigenvalue weighted by Crippen LogP contribution is 2.39. The van der Waals surface area contributed by atoms with E-state index in [2.05, 4.69) is 18.8 Å².